The Labute approximate surface area is 170 Å². The van der Waals surface area contributed by atoms with Gasteiger partial charge in [0.2, 0.25) is 15.9 Å². The first-order valence-electron chi connectivity index (χ1n) is 9.81. The molecule has 0 radical (unpaired) electrons. The van der Waals surface area contributed by atoms with Crippen LogP contribution in [-0.4, -0.2) is 41.8 Å². The molecular formula is C21H25N3O4S. The zero-order valence-electron chi connectivity index (χ0n) is 16.3. The maximum absolute atomic E-state index is 13.2. The van der Waals surface area contributed by atoms with Crippen molar-refractivity contribution in [2.24, 2.45) is 11.8 Å². The van der Waals surface area contributed by atoms with Crippen LogP contribution in [0, 0.1) is 11.8 Å². The van der Waals surface area contributed by atoms with Crippen molar-refractivity contribution in [1.82, 2.24) is 9.29 Å². The molecule has 154 valence electrons. The van der Waals surface area contributed by atoms with Crippen LogP contribution in [0.5, 0.6) is 0 Å². The van der Waals surface area contributed by atoms with Gasteiger partial charge in [-0.1, -0.05) is 6.07 Å². The van der Waals surface area contributed by atoms with Gasteiger partial charge < -0.3 is 10.4 Å². The zero-order chi connectivity index (χ0) is 20.6. The highest BCUT2D eigenvalue weighted by Gasteiger charge is 2.52. The second kappa shape index (κ2) is 7.51. The number of pyridine rings is 1. The summed E-state index contributed by atoms with van der Waals surface area (Å²) in [6, 6.07) is 9.86. The van der Waals surface area contributed by atoms with E-state index in [-0.39, 0.29) is 29.2 Å². The van der Waals surface area contributed by atoms with E-state index >= 15 is 0 Å². The minimum absolute atomic E-state index is 0.113. The summed E-state index contributed by atoms with van der Waals surface area (Å²) in [6.07, 6.45) is 5.72. The molecule has 1 aromatic carbocycles. The van der Waals surface area contributed by atoms with Crippen LogP contribution in [0.25, 0.3) is 0 Å². The number of hydrogen-bond donors (Lipinski definition) is 2. The summed E-state index contributed by atoms with van der Waals surface area (Å²) in [5.41, 5.74) is 0.252. The summed E-state index contributed by atoms with van der Waals surface area (Å²) in [4.78, 5) is 15.5. The number of aromatic nitrogens is 1. The molecule has 1 saturated carbocycles. The fourth-order valence-electron chi connectivity index (χ4n) is 4.72. The van der Waals surface area contributed by atoms with Crippen LogP contribution in [0.15, 0.2) is 53.7 Å². The van der Waals surface area contributed by atoms with Crippen molar-refractivity contribution in [1.29, 1.82) is 0 Å². The topological polar surface area (TPSA) is 99.6 Å². The highest BCUT2D eigenvalue weighted by Crippen LogP contribution is 2.48. The molecule has 2 aliphatic rings. The summed E-state index contributed by atoms with van der Waals surface area (Å²) in [6.45, 7) is 2.09. The molecule has 2 N–H and O–H groups in total. The first kappa shape index (κ1) is 20.0. The quantitative estimate of drug-likeness (QED) is 0.799. The van der Waals surface area contributed by atoms with E-state index in [1.54, 1.807) is 30.6 Å². The van der Waals surface area contributed by atoms with Crippen LogP contribution in [0.3, 0.4) is 0 Å². The number of carbonyl (C=O) groups is 1. The molecule has 1 aromatic heterocycles. The zero-order valence-corrected chi connectivity index (χ0v) is 17.1. The standard InChI is InChI=1S/C21H25N3O4S/c1-15(25)23-18-6-8-19(9-7-18)29(27,28)24-13-16-4-2-10-21(26,20(16)14-24)17-5-3-11-22-12-17/h3,5-9,11-12,16,20,26H,2,4,10,13-14H2,1H3,(H,23,25)/t16-,20-,21+/m1/s1. The Balaban J connectivity index is 1.58. The Morgan fingerprint density at radius 1 is 1.24 bits per heavy atom. The van der Waals surface area contributed by atoms with Crippen LogP contribution >= 0.6 is 0 Å². The van der Waals surface area contributed by atoms with E-state index in [1.807, 2.05) is 6.07 Å². The lowest BCUT2D eigenvalue weighted by Gasteiger charge is -2.41. The third kappa shape index (κ3) is 3.68. The lowest BCUT2D eigenvalue weighted by Crippen LogP contribution is -2.43. The van der Waals surface area contributed by atoms with Gasteiger partial charge in [0.1, 0.15) is 0 Å². The summed E-state index contributed by atoms with van der Waals surface area (Å²) >= 11 is 0. The van der Waals surface area contributed by atoms with Crippen LogP contribution in [0.4, 0.5) is 5.69 Å². The largest absolute Gasteiger partial charge is 0.385 e. The van der Waals surface area contributed by atoms with Crippen LogP contribution < -0.4 is 5.32 Å². The van der Waals surface area contributed by atoms with Crippen molar-refractivity contribution in [3.8, 4) is 0 Å². The third-order valence-corrected chi connectivity index (χ3v) is 7.97. The van der Waals surface area contributed by atoms with E-state index in [1.165, 1.54) is 23.4 Å². The lowest BCUT2D eigenvalue weighted by atomic mass is 9.68. The summed E-state index contributed by atoms with van der Waals surface area (Å²) in [5, 5.41) is 14.1. The fourth-order valence-corrected chi connectivity index (χ4v) is 6.24. The number of carbonyl (C=O) groups excluding carboxylic acids is 1. The van der Waals surface area contributed by atoms with Crippen molar-refractivity contribution >= 4 is 21.6 Å². The molecule has 1 aliphatic heterocycles. The van der Waals surface area contributed by atoms with E-state index in [4.69, 9.17) is 0 Å². The van der Waals surface area contributed by atoms with Crippen LogP contribution in [-0.2, 0) is 20.4 Å². The van der Waals surface area contributed by atoms with E-state index in [0.29, 0.717) is 18.7 Å². The number of fused-ring (bicyclic) bond motifs is 1. The predicted molar refractivity (Wildman–Crippen MR) is 108 cm³/mol. The molecule has 2 fully saturated rings. The van der Waals surface area contributed by atoms with Gasteiger partial charge in [0.25, 0.3) is 0 Å². The maximum atomic E-state index is 13.2. The van der Waals surface area contributed by atoms with Gasteiger partial charge in [-0.25, -0.2) is 8.42 Å². The lowest BCUT2D eigenvalue weighted by molar-refractivity contribution is -0.114. The van der Waals surface area contributed by atoms with Crippen LogP contribution in [0.1, 0.15) is 31.7 Å². The van der Waals surface area contributed by atoms with E-state index in [9.17, 15) is 18.3 Å². The van der Waals surface area contributed by atoms with Crippen LogP contribution in [0.2, 0.25) is 0 Å². The SMILES string of the molecule is CC(=O)Nc1ccc(S(=O)(=O)N2C[C@H]3CCC[C@](O)(c4cccnc4)[C@@H]3C2)cc1. The Bertz CT molecular complexity index is 994. The second-order valence-corrected chi connectivity index (χ2v) is 9.89. The Morgan fingerprint density at radius 2 is 2.00 bits per heavy atom. The van der Waals surface area contributed by atoms with Crippen molar-refractivity contribution in [3.63, 3.8) is 0 Å². The maximum Gasteiger partial charge on any atom is 0.243 e. The minimum Gasteiger partial charge on any atom is -0.385 e. The van der Waals surface area contributed by atoms with E-state index < -0.39 is 15.6 Å². The number of benzene rings is 1. The van der Waals surface area contributed by atoms with Gasteiger partial charge in [0.15, 0.2) is 0 Å². The highest BCUT2D eigenvalue weighted by molar-refractivity contribution is 7.89. The average molecular weight is 416 g/mol. The predicted octanol–water partition coefficient (Wildman–Crippen LogP) is 2.35. The van der Waals surface area contributed by atoms with Crippen molar-refractivity contribution in [2.45, 2.75) is 36.7 Å². The number of nitrogens with one attached hydrogen (secondary N) is 1. The molecule has 1 amide bonds. The Hall–Kier alpha value is -2.29. The van der Waals surface area contributed by atoms with E-state index in [0.717, 1.165) is 18.4 Å². The molecule has 1 saturated heterocycles. The number of aliphatic hydroxyl groups is 1. The number of nitrogens with zero attached hydrogens (tertiary/aromatic N) is 2. The molecule has 0 bridgehead atoms. The van der Waals surface area contributed by atoms with Gasteiger partial charge in [0.05, 0.1) is 10.5 Å². The number of amides is 1. The van der Waals surface area contributed by atoms with Gasteiger partial charge in [-0.05, 0) is 55.5 Å². The molecule has 7 nitrogen and oxygen atoms in total. The monoisotopic (exact) mass is 415 g/mol. The van der Waals surface area contributed by atoms with Crippen molar-refractivity contribution < 1.29 is 18.3 Å². The second-order valence-electron chi connectivity index (χ2n) is 7.95. The van der Waals surface area contributed by atoms with E-state index in [2.05, 4.69) is 10.3 Å². The normalized spacial score (nSPS) is 27.4. The average Bonchev–Trinajstić information content (AvgIpc) is 3.16. The van der Waals surface area contributed by atoms with Crippen molar-refractivity contribution in [3.05, 3.63) is 54.4 Å². The number of sulfonamides is 1. The fraction of sp³-hybridized carbons (Fsp3) is 0.429. The minimum atomic E-state index is -3.68. The van der Waals surface area contributed by atoms with Gasteiger partial charge in [-0.2, -0.15) is 4.31 Å². The number of hydrogen-bond acceptors (Lipinski definition) is 5. The molecular weight excluding hydrogens is 390 g/mol. The van der Waals surface area contributed by atoms with Gasteiger partial charge in [-0.3, -0.25) is 9.78 Å². The summed E-state index contributed by atoms with van der Waals surface area (Å²) in [5.74, 6) is -0.254. The highest BCUT2D eigenvalue weighted by atomic mass is 32.2. The molecule has 29 heavy (non-hydrogen) atoms. The molecule has 2 aromatic rings. The Morgan fingerprint density at radius 3 is 2.66 bits per heavy atom. The first-order chi connectivity index (χ1) is 13.8. The molecule has 1 aliphatic carbocycles. The van der Waals surface area contributed by atoms with Gasteiger partial charge in [0, 0.05) is 49.6 Å². The Kier molecular flexibility index (Phi) is 5.18. The molecule has 0 unspecified atom stereocenters. The number of rotatable bonds is 4. The number of anilines is 1. The third-order valence-electron chi connectivity index (χ3n) is 6.13. The molecule has 0 spiro atoms. The molecule has 3 atom stereocenters. The summed E-state index contributed by atoms with van der Waals surface area (Å²) < 4.78 is 27.9. The smallest absolute Gasteiger partial charge is 0.243 e. The summed E-state index contributed by atoms with van der Waals surface area (Å²) in [7, 11) is -3.68. The molecule has 8 heteroatoms. The van der Waals surface area contributed by atoms with Crippen molar-refractivity contribution in [2.75, 3.05) is 18.4 Å². The van der Waals surface area contributed by atoms with Gasteiger partial charge in [-0.15, -0.1) is 0 Å². The van der Waals surface area contributed by atoms with Gasteiger partial charge >= 0.3 is 0 Å². The molecule has 4 rings (SSSR count). The molecule has 2 heterocycles. The first-order valence-corrected chi connectivity index (χ1v) is 11.3.